The van der Waals surface area contributed by atoms with Gasteiger partial charge in [-0.3, -0.25) is 0 Å². The molecular weight excluding hydrogens is 241 g/mol. The van der Waals surface area contributed by atoms with E-state index in [1.807, 2.05) is 0 Å². The highest BCUT2D eigenvalue weighted by atomic mass is 19.4. The largest absolute Gasteiger partial charge is 0.392 e. The number of hydrogen-bond donors (Lipinski definition) is 1. The number of benzene rings is 1. The second-order valence-electron chi connectivity index (χ2n) is 4.95. The normalized spacial score (nSPS) is 26.9. The van der Waals surface area contributed by atoms with Gasteiger partial charge in [-0.15, -0.1) is 0 Å². The molecule has 1 saturated carbocycles. The van der Waals surface area contributed by atoms with E-state index >= 15 is 0 Å². The highest BCUT2D eigenvalue weighted by molar-refractivity contribution is 5.18. The molecular formula is C14H17F3O. The van der Waals surface area contributed by atoms with Gasteiger partial charge in [0.2, 0.25) is 0 Å². The van der Waals surface area contributed by atoms with Crippen LogP contribution in [0.1, 0.15) is 37.4 Å². The Morgan fingerprint density at radius 3 is 2.28 bits per heavy atom. The highest BCUT2D eigenvalue weighted by Gasteiger charge is 2.47. The fourth-order valence-electron chi connectivity index (χ4n) is 2.84. The van der Waals surface area contributed by atoms with E-state index in [1.165, 1.54) is 0 Å². The summed E-state index contributed by atoms with van der Waals surface area (Å²) in [6.45, 7) is 0. The Hall–Kier alpha value is -1.03. The average Bonchev–Trinajstić information content (AvgIpc) is 2.38. The second-order valence-corrected chi connectivity index (χ2v) is 4.95. The lowest BCUT2D eigenvalue weighted by molar-refractivity contribution is -0.207. The monoisotopic (exact) mass is 258 g/mol. The molecule has 1 aliphatic carbocycles. The average molecular weight is 258 g/mol. The van der Waals surface area contributed by atoms with E-state index in [0.717, 1.165) is 6.42 Å². The minimum Gasteiger partial charge on any atom is -0.388 e. The maximum Gasteiger partial charge on any atom is 0.392 e. The van der Waals surface area contributed by atoms with Gasteiger partial charge in [-0.2, -0.15) is 13.2 Å². The Kier molecular flexibility index (Phi) is 3.95. The lowest BCUT2D eigenvalue weighted by Gasteiger charge is -2.36. The van der Waals surface area contributed by atoms with E-state index in [-0.39, 0.29) is 6.42 Å². The Labute approximate surface area is 105 Å². The van der Waals surface area contributed by atoms with Gasteiger partial charge in [-0.1, -0.05) is 43.2 Å². The molecule has 2 rings (SSSR count). The van der Waals surface area contributed by atoms with Crippen molar-refractivity contribution in [2.24, 2.45) is 11.8 Å². The molecule has 0 aromatic heterocycles. The number of alkyl halides is 3. The minimum atomic E-state index is -4.21. The molecule has 1 nitrogen and oxygen atoms in total. The van der Waals surface area contributed by atoms with Crippen LogP contribution in [0.5, 0.6) is 0 Å². The van der Waals surface area contributed by atoms with Crippen molar-refractivity contribution >= 4 is 0 Å². The fourth-order valence-corrected chi connectivity index (χ4v) is 2.84. The van der Waals surface area contributed by atoms with E-state index in [9.17, 15) is 18.3 Å². The summed E-state index contributed by atoms with van der Waals surface area (Å²) in [5.41, 5.74) is 0.582. The van der Waals surface area contributed by atoms with Gasteiger partial charge in [0, 0.05) is 5.92 Å². The van der Waals surface area contributed by atoms with Crippen LogP contribution in [-0.4, -0.2) is 11.3 Å². The van der Waals surface area contributed by atoms with E-state index < -0.39 is 24.1 Å². The molecule has 18 heavy (non-hydrogen) atoms. The van der Waals surface area contributed by atoms with Crippen LogP contribution < -0.4 is 0 Å². The van der Waals surface area contributed by atoms with Crippen molar-refractivity contribution in [2.45, 2.75) is 38.0 Å². The van der Waals surface area contributed by atoms with Crippen LogP contribution in [0.3, 0.4) is 0 Å². The lowest BCUT2D eigenvalue weighted by atomic mass is 9.74. The van der Waals surface area contributed by atoms with Crippen molar-refractivity contribution in [3.05, 3.63) is 35.9 Å². The van der Waals surface area contributed by atoms with Gasteiger partial charge >= 0.3 is 6.18 Å². The molecule has 1 aromatic rings. The van der Waals surface area contributed by atoms with E-state index in [0.29, 0.717) is 18.4 Å². The Bertz CT molecular complexity index is 374. The zero-order valence-corrected chi connectivity index (χ0v) is 10.0. The second kappa shape index (κ2) is 5.31. The molecule has 0 amide bonds. The van der Waals surface area contributed by atoms with Crippen molar-refractivity contribution in [1.29, 1.82) is 0 Å². The smallest absolute Gasteiger partial charge is 0.388 e. The zero-order valence-electron chi connectivity index (χ0n) is 10.0. The SMILES string of the molecule is OC(c1ccccc1)C1CCCCC1C(F)(F)F. The molecule has 3 unspecified atom stereocenters. The Morgan fingerprint density at radius 2 is 1.67 bits per heavy atom. The van der Waals surface area contributed by atoms with Crippen LogP contribution in [0.4, 0.5) is 13.2 Å². The first-order chi connectivity index (χ1) is 8.50. The first-order valence-electron chi connectivity index (χ1n) is 6.30. The fraction of sp³-hybridized carbons (Fsp3) is 0.571. The van der Waals surface area contributed by atoms with Crippen LogP contribution in [0.25, 0.3) is 0 Å². The predicted octanol–water partition coefficient (Wildman–Crippen LogP) is 4.09. The summed E-state index contributed by atoms with van der Waals surface area (Å²) in [6, 6.07) is 8.64. The number of aliphatic hydroxyl groups excluding tert-OH is 1. The summed E-state index contributed by atoms with van der Waals surface area (Å²) in [5.74, 6) is -2.08. The standard InChI is InChI=1S/C14H17F3O/c15-14(16,17)12-9-5-4-8-11(12)13(18)10-6-2-1-3-7-10/h1-3,6-7,11-13,18H,4-5,8-9H2. The first-order valence-corrected chi connectivity index (χ1v) is 6.30. The summed E-state index contributed by atoms with van der Waals surface area (Å²) in [4.78, 5) is 0. The lowest BCUT2D eigenvalue weighted by Crippen LogP contribution is -2.36. The third-order valence-electron chi connectivity index (χ3n) is 3.79. The van der Waals surface area contributed by atoms with E-state index in [1.54, 1.807) is 30.3 Å². The molecule has 0 aliphatic heterocycles. The molecule has 1 fully saturated rings. The maximum absolute atomic E-state index is 13.0. The Balaban J connectivity index is 2.19. The summed E-state index contributed by atoms with van der Waals surface area (Å²) in [7, 11) is 0. The van der Waals surface area contributed by atoms with E-state index in [4.69, 9.17) is 0 Å². The van der Waals surface area contributed by atoms with Crippen molar-refractivity contribution in [3.8, 4) is 0 Å². The number of aliphatic hydroxyl groups is 1. The van der Waals surface area contributed by atoms with Gasteiger partial charge in [0.05, 0.1) is 12.0 Å². The molecule has 3 atom stereocenters. The molecule has 0 radical (unpaired) electrons. The minimum absolute atomic E-state index is 0.137. The highest BCUT2D eigenvalue weighted by Crippen LogP contribution is 2.46. The van der Waals surface area contributed by atoms with Gasteiger partial charge in [0.25, 0.3) is 0 Å². The molecule has 100 valence electrons. The van der Waals surface area contributed by atoms with Crippen LogP contribution in [-0.2, 0) is 0 Å². The summed E-state index contributed by atoms with van der Waals surface area (Å²) in [6.07, 6.45) is -3.28. The third kappa shape index (κ3) is 2.86. The van der Waals surface area contributed by atoms with Gasteiger partial charge in [0.1, 0.15) is 0 Å². The van der Waals surface area contributed by atoms with Gasteiger partial charge in [-0.05, 0) is 18.4 Å². The first kappa shape index (κ1) is 13.4. The Morgan fingerprint density at radius 1 is 1.06 bits per heavy atom. The van der Waals surface area contributed by atoms with Gasteiger partial charge < -0.3 is 5.11 Å². The molecule has 0 bridgehead atoms. The summed E-state index contributed by atoms with van der Waals surface area (Å²) in [5, 5.41) is 10.2. The predicted molar refractivity (Wildman–Crippen MR) is 62.9 cm³/mol. The zero-order chi connectivity index (χ0) is 13.2. The summed E-state index contributed by atoms with van der Waals surface area (Å²) >= 11 is 0. The number of halogens is 3. The molecule has 0 spiro atoms. The third-order valence-corrected chi connectivity index (χ3v) is 3.79. The quantitative estimate of drug-likeness (QED) is 0.847. The van der Waals surface area contributed by atoms with Crippen molar-refractivity contribution in [1.82, 2.24) is 0 Å². The van der Waals surface area contributed by atoms with Crippen molar-refractivity contribution < 1.29 is 18.3 Å². The van der Waals surface area contributed by atoms with Crippen LogP contribution in [0.2, 0.25) is 0 Å². The number of rotatable bonds is 2. The van der Waals surface area contributed by atoms with Crippen LogP contribution in [0, 0.1) is 11.8 Å². The van der Waals surface area contributed by atoms with Crippen molar-refractivity contribution in [2.75, 3.05) is 0 Å². The van der Waals surface area contributed by atoms with Gasteiger partial charge in [0.15, 0.2) is 0 Å². The molecule has 1 N–H and O–H groups in total. The molecule has 1 aromatic carbocycles. The van der Waals surface area contributed by atoms with Crippen LogP contribution in [0.15, 0.2) is 30.3 Å². The van der Waals surface area contributed by atoms with Crippen LogP contribution >= 0.6 is 0 Å². The van der Waals surface area contributed by atoms with Gasteiger partial charge in [-0.25, -0.2) is 0 Å². The van der Waals surface area contributed by atoms with E-state index in [2.05, 4.69) is 0 Å². The topological polar surface area (TPSA) is 20.2 Å². The molecule has 4 heteroatoms. The molecule has 0 saturated heterocycles. The number of hydrogen-bond acceptors (Lipinski definition) is 1. The van der Waals surface area contributed by atoms with Crippen molar-refractivity contribution in [3.63, 3.8) is 0 Å². The molecule has 0 heterocycles. The maximum atomic E-state index is 13.0. The summed E-state index contributed by atoms with van der Waals surface area (Å²) < 4.78 is 38.9. The molecule has 1 aliphatic rings.